The van der Waals surface area contributed by atoms with Gasteiger partial charge in [-0.2, -0.15) is 0 Å². The molecule has 5 rings (SSSR count). The van der Waals surface area contributed by atoms with Crippen LogP contribution in [-0.2, 0) is 22.4 Å². The third-order valence-corrected chi connectivity index (χ3v) is 7.78. The molecule has 0 aromatic heterocycles. The first-order chi connectivity index (χ1) is 20.4. The highest BCUT2D eigenvalue weighted by Crippen LogP contribution is 2.43. The van der Waals surface area contributed by atoms with Gasteiger partial charge in [-0.25, -0.2) is 0 Å². The topological polar surface area (TPSA) is 85.3 Å². The van der Waals surface area contributed by atoms with E-state index in [-0.39, 0.29) is 17.4 Å². The van der Waals surface area contributed by atoms with Gasteiger partial charge in [0.2, 0.25) is 0 Å². The Bertz CT molecular complexity index is 1460. The van der Waals surface area contributed by atoms with Crippen molar-refractivity contribution < 1.29 is 28.9 Å². The fraction of sp³-hybridized carbons (Fsp3) is 0.371. The molecule has 0 unspecified atom stereocenters. The van der Waals surface area contributed by atoms with Gasteiger partial charge in [-0.3, -0.25) is 9.59 Å². The van der Waals surface area contributed by atoms with E-state index in [2.05, 4.69) is 6.92 Å². The van der Waals surface area contributed by atoms with Crippen LogP contribution in [0.4, 0.5) is 0 Å². The number of fused-ring (bicyclic) bond motifs is 1. The van der Waals surface area contributed by atoms with Crippen LogP contribution >= 0.6 is 0 Å². The first-order valence-corrected chi connectivity index (χ1v) is 14.9. The molecule has 42 heavy (non-hydrogen) atoms. The Balaban J connectivity index is 1.55. The van der Waals surface area contributed by atoms with Gasteiger partial charge in [0.1, 0.15) is 17.6 Å². The Labute approximate surface area is 247 Å². The summed E-state index contributed by atoms with van der Waals surface area (Å²) in [5.41, 5.74) is 3.24. The van der Waals surface area contributed by atoms with Gasteiger partial charge in [0.15, 0.2) is 11.5 Å². The van der Waals surface area contributed by atoms with Crippen molar-refractivity contribution in [2.24, 2.45) is 0 Å². The monoisotopic (exact) mass is 569 g/mol. The number of carbonyl (C=O) groups is 2. The summed E-state index contributed by atoms with van der Waals surface area (Å²) in [6.07, 6.45) is 4.43. The summed E-state index contributed by atoms with van der Waals surface area (Å²) >= 11 is 0. The van der Waals surface area contributed by atoms with Crippen LogP contribution in [0.15, 0.2) is 72.3 Å². The standard InChI is InChI=1S/C35H39NO6/c1-4-6-10-19-41-29-16-13-25(22-30(29)40-5-2)32-31(33(37)26-14-15-28-27(21-26)20-23(3)42-28)34(38)35(39)36(32)18-17-24-11-8-7-9-12-24/h7-9,11-16,21-23,32,37H,4-6,10,17-20H2,1-3H3/t23-,32+/m1/s1. The van der Waals surface area contributed by atoms with Crippen molar-refractivity contribution in [2.75, 3.05) is 19.8 Å². The summed E-state index contributed by atoms with van der Waals surface area (Å²) in [5.74, 6) is 0.409. The van der Waals surface area contributed by atoms with Crippen molar-refractivity contribution in [3.63, 3.8) is 0 Å². The largest absolute Gasteiger partial charge is 0.507 e. The maximum atomic E-state index is 13.6. The Morgan fingerprint density at radius 3 is 2.55 bits per heavy atom. The Kier molecular flexibility index (Phi) is 9.15. The highest BCUT2D eigenvalue weighted by atomic mass is 16.5. The van der Waals surface area contributed by atoms with Gasteiger partial charge in [0.05, 0.1) is 24.8 Å². The number of ether oxygens (including phenoxy) is 3. The maximum absolute atomic E-state index is 13.6. The van der Waals surface area contributed by atoms with Crippen molar-refractivity contribution in [1.29, 1.82) is 0 Å². The first kappa shape index (κ1) is 29.2. The highest BCUT2D eigenvalue weighted by Gasteiger charge is 2.46. The Morgan fingerprint density at radius 1 is 0.976 bits per heavy atom. The number of likely N-dealkylation sites (tertiary alicyclic amines) is 1. The molecule has 0 bridgehead atoms. The van der Waals surface area contributed by atoms with Crippen molar-refractivity contribution in [3.8, 4) is 17.2 Å². The summed E-state index contributed by atoms with van der Waals surface area (Å²) in [6.45, 7) is 7.35. The minimum atomic E-state index is -0.787. The lowest BCUT2D eigenvalue weighted by molar-refractivity contribution is -0.139. The van der Waals surface area contributed by atoms with Crippen LogP contribution in [-0.4, -0.2) is 47.6 Å². The van der Waals surface area contributed by atoms with Crippen LogP contribution in [0.2, 0.25) is 0 Å². The average Bonchev–Trinajstić information content (AvgIpc) is 3.50. The lowest BCUT2D eigenvalue weighted by Gasteiger charge is -2.26. The second kappa shape index (κ2) is 13.1. The summed E-state index contributed by atoms with van der Waals surface area (Å²) in [5, 5.41) is 11.6. The van der Waals surface area contributed by atoms with Gasteiger partial charge in [-0.15, -0.1) is 0 Å². The van der Waals surface area contributed by atoms with E-state index in [1.165, 1.54) is 0 Å². The number of hydrogen-bond donors (Lipinski definition) is 1. The van der Waals surface area contributed by atoms with Crippen LogP contribution < -0.4 is 14.2 Å². The second-order valence-corrected chi connectivity index (χ2v) is 10.9. The normalized spacial score (nSPS) is 19.1. The molecule has 0 saturated carbocycles. The van der Waals surface area contributed by atoms with E-state index in [1.807, 2.05) is 74.5 Å². The number of benzene rings is 3. The molecule has 1 fully saturated rings. The molecule has 1 saturated heterocycles. The number of aliphatic hydroxyl groups excluding tert-OH is 1. The number of rotatable bonds is 12. The number of ketones is 1. The number of amides is 1. The minimum absolute atomic E-state index is 0.0423. The van der Waals surface area contributed by atoms with E-state index in [1.54, 1.807) is 11.0 Å². The third kappa shape index (κ3) is 6.15. The molecular weight excluding hydrogens is 530 g/mol. The zero-order valence-corrected chi connectivity index (χ0v) is 24.6. The fourth-order valence-electron chi connectivity index (χ4n) is 5.69. The lowest BCUT2D eigenvalue weighted by atomic mass is 9.94. The highest BCUT2D eigenvalue weighted by molar-refractivity contribution is 6.46. The molecule has 1 amide bonds. The Morgan fingerprint density at radius 2 is 1.79 bits per heavy atom. The van der Waals surface area contributed by atoms with Gasteiger partial charge >= 0.3 is 0 Å². The molecule has 3 aromatic rings. The van der Waals surface area contributed by atoms with Crippen LogP contribution in [0.1, 0.15) is 68.3 Å². The van der Waals surface area contributed by atoms with Gasteiger partial charge in [-0.1, -0.05) is 56.2 Å². The van der Waals surface area contributed by atoms with Gasteiger partial charge in [0.25, 0.3) is 11.7 Å². The second-order valence-electron chi connectivity index (χ2n) is 10.9. The molecule has 0 spiro atoms. The summed E-state index contributed by atoms with van der Waals surface area (Å²) in [7, 11) is 0. The fourth-order valence-corrected chi connectivity index (χ4v) is 5.69. The quantitative estimate of drug-likeness (QED) is 0.114. The van der Waals surface area contributed by atoms with Crippen molar-refractivity contribution in [1.82, 2.24) is 4.90 Å². The molecule has 3 aromatic carbocycles. The smallest absolute Gasteiger partial charge is 0.295 e. The number of aliphatic hydroxyl groups is 1. The molecule has 0 aliphatic carbocycles. The molecule has 2 aliphatic rings. The SMILES string of the molecule is CCCCCOc1ccc([C@H]2C(=C(O)c3ccc4c(c3)C[C@@H](C)O4)C(=O)C(=O)N2CCc2ccccc2)cc1OCC. The summed E-state index contributed by atoms with van der Waals surface area (Å²) < 4.78 is 17.8. The zero-order valence-electron chi connectivity index (χ0n) is 24.6. The van der Waals surface area contributed by atoms with Gasteiger partial charge < -0.3 is 24.2 Å². The van der Waals surface area contributed by atoms with Crippen molar-refractivity contribution in [2.45, 2.75) is 65.0 Å². The summed E-state index contributed by atoms with van der Waals surface area (Å²) in [4.78, 5) is 28.7. The molecule has 1 N–H and O–H groups in total. The lowest BCUT2D eigenvalue weighted by Crippen LogP contribution is -2.31. The molecule has 2 aliphatic heterocycles. The van der Waals surface area contributed by atoms with Crippen molar-refractivity contribution >= 4 is 17.4 Å². The molecule has 7 heteroatoms. The predicted molar refractivity (Wildman–Crippen MR) is 162 cm³/mol. The van der Waals surface area contributed by atoms with E-state index >= 15 is 0 Å². The third-order valence-electron chi connectivity index (χ3n) is 7.78. The van der Waals surface area contributed by atoms with E-state index < -0.39 is 17.7 Å². The molecule has 0 radical (unpaired) electrons. The van der Waals surface area contributed by atoms with E-state index in [0.29, 0.717) is 55.2 Å². The van der Waals surface area contributed by atoms with Gasteiger partial charge in [-0.05, 0) is 73.7 Å². The van der Waals surface area contributed by atoms with E-state index in [9.17, 15) is 14.7 Å². The number of unbranched alkanes of at least 4 members (excludes halogenated alkanes) is 2. The van der Waals surface area contributed by atoms with Crippen LogP contribution in [0.5, 0.6) is 17.2 Å². The van der Waals surface area contributed by atoms with E-state index in [4.69, 9.17) is 14.2 Å². The summed E-state index contributed by atoms with van der Waals surface area (Å²) in [6, 6.07) is 20.0. The van der Waals surface area contributed by atoms with Crippen LogP contribution in [0.25, 0.3) is 5.76 Å². The number of Topliss-reactive ketones (excluding diaryl/α,β-unsaturated/α-hetero) is 1. The Hall–Kier alpha value is -4.26. The molecule has 220 valence electrons. The van der Waals surface area contributed by atoms with Gasteiger partial charge in [0, 0.05) is 18.5 Å². The number of nitrogens with zero attached hydrogens (tertiary/aromatic N) is 1. The minimum Gasteiger partial charge on any atom is -0.507 e. The zero-order chi connectivity index (χ0) is 29.6. The first-order valence-electron chi connectivity index (χ1n) is 14.9. The number of hydrogen-bond acceptors (Lipinski definition) is 6. The predicted octanol–water partition coefficient (Wildman–Crippen LogP) is 6.64. The molecule has 7 nitrogen and oxygen atoms in total. The van der Waals surface area contributed by atoms with Crippen LogP contribution in [0.3, 0.4) is 0 Å². The molecule has 2 heterocycles. The average molecular weight is 570 g/mol. The molecule has 2 atom stereocenters. The van der Waals surface area contributed by atoms with E-state index in [0.717, 1.165) is 36.1 Å². The van der Waals surface area contributed by atoms with Crippen LogP contribution in [0, 0.1) is 0 Å². The van der Waals surface area contributed by atoms with Crippen molar-refractivity contribution in [3.05, 3.63) is 94.6 Å². The number of carbonyl (C=O) groups excluding carboxylic acids is 2. The maximum Gasteiger partial charge on any atom is 0.295 e. The molecular formula is C35H39NO6.